The summed E-state index contributed by atoms with van der Waals surface area (Å²) in [6.07, 6.45) is 1.59. The fraction of sp³-hybridized carbons (Fsp3) is 0.0588. The summed E-state index contributed by atoms with van der Waals surface area (Å²) >= 11 is 6.04. The quantitative estimate of drug-likeness (QED) is 0.366. The standard InChI is InChI=1S/C17H11ClN2O4/c1-10-3-2-4-11(7-10)8-15-17(21)24-16(19-15)13-9-12(20(22)23)5-6-14(13)18/h2-9H,1H3. The minimum atomic E-state index is -0.630. The van der Waals surface area contributed by atoms with E-state index in [4.69, 9.17) is 16.3 Å². The van der Waals surface area contributed by atoms with Crippen molar-refractivity contribution in [1.82, 2.24) is 0 Å². The van der Waals surface area contributed by atoms with Crippen LogP contribution in [0.2, 0.25) is 5.02 Å². The van der Waals surface area contributed by atoms with Crippen molar-refractivity contribution in [3.63, 3.8) is 0 Å². The molecule has 3 rings (SSSR count). The van der Waals surface area contributed by atoms with Crippen molar-refractivity contribution >= 4 is 35.2 Å². The minimum absolute atomic E-state index is 0.0485. The predicted octanol–water partition coefficient (Wildman–Crippen LogP) is 3.90. The number of hydrogen-bond donors (Lipinski definition) is 0. The lowest BCUT2D eigenvalue weighted by Gasteiger charge is -2.02. The van der Waals surface area contributed by atoms with Crippen LogP contribution in [-0.4, -0.2) is 16.8 Å². The molecule has 7 heteroatoms. The van der Waals surface area contributed by atoms with Crippen LogP contribution >= 0.6 is 11.6 Å². The molecule has 0 amide bonds. The van der Waals surface area contributed by atoms with Gasteiger partial charge in [-0.2, -0.15) is 0 Å². The molecule has 120 valence electrons. The second kappa shape index (κ2) is 6.25. The Kier molecular flexibility index (Phi) is 4.14. The molecule has 0 N–H and O–H groups in total. The van der Waals surface area contributed by atoms with E-state index in [0.29, 0.717) is 0 Å². The lowest BCUT2D eigenvalue weighted by atomic mass is 10.1. The summed E-state index contributed by atoms with van der Waals surface area (Å²) in [7, 11) is 0. The van der Waals surface area contributed by atoms with E-state index in [2.05, 4.69) is 4.99 Å². The van der Waals surface area contributed by atoms with E-state index in [0.717, 1.165) is 11.1 Å². The lowest BCUT2D eigenvalue weighted by Crippen LogP contribution is -2.06. The van der Waals surface area contributed by atoms with E-state index in [9.17, 15) is 14.9 Å². The number of benzene rings is 2. The van der Waals surface area contributed by atoms with E-state index >= 15 is 0 Å². The Labute approximate surface area is 142 Å². The third-order valence-corrected chi connectivity index (χ3v) is 3.69. The van der Waals surface area contributed by atoms with Crippen molar-refractivity contribution in [1.29, 1.82) is 0 Å². The highest BCUT2D eigenvalue weighted by Crippen LogP contribution is 2.27. The number of esters is 1. The Morgan fingerprint density at radius 1 is 1.25 bits per heavy atom. The molecule has 0 unspecified atom stereocenters. The fourth-order valence-electron chi connectivity index (χ4n) is 2.23. The van der Waals surface area contributed by atoms with E-state index in [1.807, 2.05) is 31.2 Å². The molecule has 1 heterocycles. The van der Waals surface area contributed by atoms with Gasteiger partial charge in [-0.1, -0.05) is 41.4 Å². The van der Waals surface area contributed by atoms with Crippen molar-refractivity contribution in [2.75, 3.05) is 0 Å². The highest BCUT2D eigenvalue weighted by atomic mass is 35.5. The normalized spacial score (nSPS) is 15.3. The number of carbonyl (C=O) groups excluding carboxylic acids is 1. The maximum Gasteiger partial charge on any atom is 0.363 e. The van der Waals surface area contributed by atoms with Gasteiger partial charge in [-0.3, -0.25) is 10.1 Å². The van der Waals surface area contributed by atoms with Gasteiger partial charge in [0, 0.05) is 12.1 Å². The van der Waals surface area contributed by atoms with Crippen LogP contribution in [0.3, 0.4) is 0 Å². The number of carbonyl (C=O) groups is 1. The van der Waals surface area contributed by atoms with Gasteiger partial charge in [-0.15, -0.1) is 0 Å². The van der Waals surface area contributed by atoms with E-state index in [1.54, 1.807) is 6.08 Å². The number of hydrogen-bond acceptors (Lipinski definition) is 5. The highest BCUT2D eigenvalue weighted by Gasteiger charge is 2.27. The van der Waals surface area contributed by atoms with Gasteiger partial charge in [0.25, 0.3) is 5.69 Å². The van der Waals surface area contributed by atoms with Gasteiger partial charge in [-0.05, 0) is 24.6 Å². The van der Waals surface area contributed by atoms with Gasteiger partial charge >= 0.3 is 5.97 Å². The average Bonchev–Trinajstić information content (AvgIpc) is 2.88. The zero-order valence-corrected chi connectivity index (χ0v) is 13.3. The Balaban J connectivity index is 2.01. The molecule has 0 radical (unpaired) electrons. The fourth-order valence-corrected chi connectivity index (χ4v) is 2.43. The van der Waals surface area contributed by atoms with E-state index in [-0.39, 0.29) is 27.9 Å². The first kappa shape index (κ1) is 15.9. The van der Waals surface area contributed by atoms with Crippen molar-refractivity contribution in [3.8, 4) is 0 Å². The molecule has 6 nitrogen and oxygen atoms in total. The second-order valence-electron chi connectivity index (χ2n) is 5.17. The van der Waals surface area contributed by atoms with Crippen LogP contribution in [-0.2, 0) is 9.53 Å². The Morgan fingerprint density at radius 2 is 2.04 bits per heavy atom. The first-order valence-electron chi connectivity index (χ1n) is 6.97. The number of rotatable bonds is 3. The molecular weight excluding hydrogens is 332 g/mol. The summed E-state index contributed by atoms with van der Waals surface area (Å²) in [4.78, 5) is 26.4. The summed E-state index contributed by atoms with van der Waals surface area (Å²) in [5, 5.41) is 11.1. The Hall–Kier alpha value is -2.99. The molecule has 0 bridgehead atoms. The predicted molar refractivity (Wildman–Crippen MR) is 89.9 cm³/mol. The third kappa shape index (κ3) is 3.18. The van der Waals surface area contributed by atoms with Crippen molar-refractivity contribution in [2.45, 2.75) is 6.92 Å². The van der Waals surface area contributed by atoms with Gasteiger partial charge in [0.2, 0.25) is 5.90 Å². The average molecular weight is 343 g/mol. The van der Waals surface area contributed by atoms with Crippen molar-refractivity contribution in [2.24, 2.45) is 4.99 Å². The number of aryl methyl sites for hydroxylation is 1. The zero-order chi connectivity index (χ0) is 17.3. The number of aliphatic imine (C=N–C) groups is 1. The number of nitro benzene ring substituents is 1. The van der Waals surface area contributed by atoms with Crippen LogP contribution in [0, 0.1) is 17.0 Å². The number of halogens is 1. The number of cyclic esters (lactones) is 1. The molecule has 0 fully saturated rings. The maximum absolute atomic E-state index is 12.0. The van der Waals surface area contributed by atoms with Gasteiger partial charge in [-0.25, -0.2) is 9.79 Å². The minimum Gasteiger partial charge on any atom is -0.402 e. The molecule has 1 aliphatic heterocycles. The molecule has 0 saturated heterocycles. The van der Waals surface area contributed by atoms with Crippen molar-refractivity contribution < 1.29 is 14.5 Å². The molecule has 0 aromatic heterocycles. The van der Waals surface area contributed by atoms with Crippen LogP contribution in [0.1, 0.15) is 16.7 Å². The van der Waals surface area contributed by atoms with Gasteiger partial charge in [0.15, 0.2) is 5.70 Å². The number of nitro groups is 1. The smallest absolute Gasteiger partial charge is 0.363 e. The first-order valence-corrected chi connectivity index (χ1v) is 7.35. The monoisotopic (exact) mass is 342 g/mol. The van der Waals surface area contributed by atoms with E-state index < -0.39 is 10.9 Å². The lowest BCUT2D eigenvalue weighted by molar-refractivity contribution is -0.384. The summed E-state index contributed by atoms with van der Waals surface area (Å²) < 4.78 is 5.11. The number of non-ortho nitro benzene ring substituents is 1. The van der Waals surface area contributed by atoms with Crippen LogP contribution < -0.4 is 0 Å². The summed E-state index contributed by atoms with van der Waals surface area (Å²) in [5.74, 6) is -0.679. The molecule has 0 atom stereocenters. The molecular formula is C17H11ClN2O4. The second-order valence-corrected chi connectivity index (χ2v) is 5.58. The summed E-state index contributed by atoms with van der Waals surface area (Å²) in [6, 6.07) is 11.4. The van der Waals surface area contributed by atoms with E-state index in [1.165, 1.54) is 18.2 Å². The van der Waals surface area contributed by atoms with Gasteiger partial charge < -0.3 is 4.74 Å². The number of ether oxygens (including phenoxy) is 1. The van der Waals surface area contributed by atoms with Crippen molar-refractivity contribution in [3.05, 3.63) is 80.0 Å². The van der Waals surface area contributed by atoms with Gasteiger partial charge in [0.05, 0.1) is 15.5 Å². The molecule has 2 aromatic rings. The zero-order valence-electron chi connectivity index (χ0n) is 12.5. The number of nitrogens with zero attached hydrogens (tertiary/aromatic N) is 2. The Morgan fingerprint density at radius 3 is 2.75 bits per heavy atom. The van der Waals surface area contributed by atoms with Crippen LogP contribution in [0.5, 0.6) is 0 Å². The third-order valence-electron chi connectivity index (χ3n) is 3.36. The molecule has 24 heavy (non-hydrogen) atoms. The molecule has 0 aliphatic carbocycles. The van der Waals surface area contributed by atoms with Crippen LogP contribution in [0.15, 0.2) is 53.2 Å². The van der Waals surface area contributed by atoms with Crippen LogP contribution in [0.25, 0.3) is 6.08 Å². The Bertz CT molecular complexity index is 919. The van der Waals surface area contributed by atoms with Crippen LogP contribution in [0.4, 0.5) is 5.69 Å². The SMILES string of the molecule is Cc1cccc(C=C2N=C(c3cc([N+](=O)[O-])ccc3Cl)OC2=O)c1. The molecule has 2 aromatic carbocycles. The highest BCUT2D eigenvalue weighted by molar-refractivity contribution is 6.34. The molecule has 0 spiro atoms. The maximum atomic E-state index is 12.0. The topological polar surface area (TPSA) is 81.8 Å². The first-order chi connectivity index (χ1) is 11.4. The van der Waals surface area contributed by atoms with Gasteiger partial charge in [0.1, 0.15) is 0 Å². The summed E-state index contributed by atoms with van der Waals surface area (Å²) in [5.41, 5.74) is 1.99. The summed E-state index contributed by atoms with van der Waals surface area (Å²) in [6.45, 7) is 1.94. The molecule has 1 aliphatic rings. The molecule has 0 saturated carbocycles. The largest absolute Gasteiger partial charge is 0.402 e.